The number of nitrogens with one attached hydrogen (secondary N) is 1. The molecule has 19 heavy (non-hydrogen) atoms. The first-order valence-corrected chi connectivity index (χ1v) is 7.64. The highest BCUT2D eigenvalue weighted by atomic mass is 15.2. The highest BCUT2D eigenvalue weighted by molar-refractivity contribution is 5.22. The molecule has 2 nitrogen and oxygen atoms in total. The maximum Gasteiger partial charge on any atom is 0.0249 e. The number of nitrogens with zero attached hydrogens (tertiary/aromatic N) is 1. The molecular weight excluding hydrogens is 232 g/mol. The molecule has 2 heteroatoms. The summed E-state index contributed by atoms with van der Waals surface area (Å²) in [6, 6.07) is 10.2. The van der Waals surface area contributed by atoms with Crippen LogP contribution in [-0.4, -0.2) is 31.1 Å². The molecule has 0 aliphatic heterocycles. The van der Waals surface area contributed by atoms with E-state index in [1.54, 1.807) is 0 Å². The lowest BCUT2D eigenvalue weighted by atomic mass is 10.0. The highest BCUT2D eigenvalue weighted by Gasteiger charge is 2.25. The fourth-order valence-electron chi connectivity index (χ4n) is 3.37. The monoisotopic (exact) mass is 260 g/mol. The van der Waals surface area contributed by atoms with Crippen LogP contribution in [0.4, 0.5) is 0 Å². The Balaban J connectivity index is 2.02. The topological polar surface area (TPSA) is 15.3 Å². The normalized spacial score (nSPS) is 24.4. The summed E-state index contributed by atoms with van der Waals surface area (Å²) in [5, 5.41) is 3.53. The van der Waals surface area contributed by atoms with Gasteiger partial charge in [-0.05, 0) is 39.4 Å². The van der Waals surface area contributed by atoms with Gasteiger partial charge < -0.3 is 5.32 Å². The second-order valence-electron chi connectivity index (χ2n) is 6.00. The molecule has 1 aromatic carbocycles. The Hall–Kier alpha value is -0.860. The van der Waals surface area contributed by atoms with Gasteiger partial charge in [-0.25, -0.2) is 0 Å². The van der Waals surface area contributed by atoms with Gasteiger partial charge in [0, 0.05) is 18.6 Å². The Morgan fingerprint density at radius 3 is 2.74 bits per heavy atom. The summed E-state index contributed by atoms with van der Waals surface area (Å²) in [6.45, 7) is 3.23. The molecule has 0 bridgehead atoms. The van der Waals surface area contributed by atoms with Crippen molar-refractivity contribution in [2.75, 3.05) is 14.1 Å². The first-order chi connectivity index (χ1) is 9.20. The summed E-state index contributed by atoms with van der Waals surface area (Å²) in [6.07, 6.45) is 6.79. The second kappa shape index (κ2) is 7.06. The molecule has 0 saturated heterocycles. The fraction of sp³-hybridized carbons (Fsp3) is 0.647. The molecule has 0 amide bonds. The van der Waals surface area contributed by atoms with E-state index in [0.29, 0.717) is 12.1 Å². The molecule has 0 aromatic heterocycles. The van der Waals surface area contributed by atoms with E-state index in [4.69, 9.17) is 0 Å². The Bertz CT molecular complexity index is 389. The lowest BCUT2D eigenvalue weighted by Gasteiger charge is -2.33. The van der Waals surface area contributed by atoms with Gasteiger partial charge >= 0.3 is 0 Å². The maximum atomic E-state index is 3.53. The van der Waals surface area contributed by atoms with Gasteiger partial charge in [-0.15, -0.1) is 0 Å². The van der Waals surface area contributed by atoms with E-state index in [1.807, 2.05) is 0 Å². The molecule has 0 heterocycles. The Morgan fingerprint density at radius 1 is 1.21 bits per heavy atom. The molecule has 1 fully saturated rings. The molecule has 1 aliphatic rings. The molecule has 106 valence electrons. The molecule has 0 radical (unpaired) electrons. The van der Waals surface area contributed by atoms with Crippen LogP contribution in [0.15, 0.2) is 24.3 Å². The van der Waals surface area contributed by atoms with E-state index in [-0.39, 0.29) is 0 Å². The van der Waals surface area contributed by atoms with E-state index in [2.05, 4.69) is 55.5 Å². The van der Waals surface area contributed by atoms with Crippen molar-refractivity contribution in [3.63, 3.8) is 0 Å². The number of likely N-dealkylation sites (N-methyl/N-ethyl adjacent to an activating group) is 2. The van der Waals surface area contributed by atoms with Crippen LogP contribution >= 0.6 is 0 Å². The zero-order chi connectivity index (χ0) is 13.7. The van der Waals surface area contributed by atoms with Gasteiger partial charge in [-0.2, -0.15) is 0 Å². The standard InChI is InChI=1S/C17H28N2/c1-14-8-7-9-15(12-14)13-19(3)17-11-6-4-5-10-16(17)18-2/h7-9,12,16-18H,4-6,10-11,13H2,1-3H3. The summed E-state index contributed by atoms with van der Waals surface area (Å²) >= 11 is 0. The number of benzene rings is 1. The van der Waals surface area contributed by atoms with Crippen molar-refractivity contribution in [3.05, 3.63) is 35.4 Å². The van der Waals surface area contributed by atoms with Crippen LogP contribution in [-0.2, 0) is 6.54 Å². The summed E-state index contributed by atoms with van der Waals surface area (Å²) < 4.78 is 0. The quantitative estimate of drug-likeness (QED) is 0.835. The lowest BCUT2D eigenvalue weighted by Crippen LogP contribution is -2.46. The maximum absolute atomic E-state index is 3.53. The number of aryl methyl sites for hydroxylation is 1. The van der Waals surface area contributed by atoms with Crippen molar-refractivity contribution in [3.8, 4) is 0 Å². The van der Waals surface area contributed by atoms with Crippen LogP contribution in [0.1, 0.15) is 43.2 Å². The van der Waals surface area contributed by atoms with Crippen LogP contribution in [0.5, 0.6) is 0 Å². The molecule has 2 rings (SSSR count). The number of rotatable bonds is 4. The van der Waals surface area contributed by atoms with Crippen molar-refractivity contribution in [1.82, 2.24) is 10.2 Å². The third kappa shape index (κ3) is 4.05. The van der Waals surface area contributed by atoms with E-state index < -0.39 is 0 Å². The molecule has 1 aromatic rings. The molecular formula is C17H28N2. The van der Waals surface area contributed by atoms with Crippen molar-refractivity contribution >= 4 is 0 Å². The molecule has 1 saturated carbocycles. The van der Waals surface area contributed by atoms with Crippen LogP contribution in [0, 0.1) is 6.92 Å². The number of hydrogen-bond acceptors (Lipinski definition) is 2. The average molecular weight is 260 g/mol. The molecule has 2 unspecified atom stereocenters. The zero-order valence-electron chi connectivity index (χ0n) is 12.7. The molecule has 0 spiro atoms. The summed E-state index contributed by atoms with van der Waals surface area (Å²) in [5.41, 5.74) is 2.79. The van der Waals surface area contributed by atoms with Crippen LogP contribution in [0.2, 0.25) is 0 Å². The first-order valence-electron chi connectivity index (χ1n) is 7.64. The Morgan fingerprint density at radius 2 is 2.00 bits per heavy atom. The lowest BCUT2D eigenvalue weighted by molar-refractivity contribution is 0.179. The zero-order valence-corrected chi connectivity index (χ0v) is 12.7. The minimum atomic E-state index is 0.650. The second-order valence-corrected chi connectivity index (χ2v) is 6.00. The predicted molar refractivity (Wildman–Crippen MR) is 82.4 cm³/mol. The average Bonchev–Trinajstić information content (AvgIpc) is 2.63. The molecule has 1 N–H and O–H groups in total. The van der Waals surface area contributed by atoms with Crippen molar-refractivity contribution in [2.45, 2.75) is 57.7 Å². The van der Waals surface area contributed by atoms with Crippen LogP contribution in [0.25, 0.3) is 0 Å². The third-order valence-corrected chi connectivity index (χ3v) is 4.43. The summed E-state index contributed by atoms with van der Waals surface area (Å²) in [5.74, 6) is 0. The van der Waals surface area contributed by atoms with E-state index in [0.717, 1.165) is 6.54 Å². The van der Waals surface area contributed by atoms with Crippen molar-refractivity contribution < 1.29 is 0 Å². The highest BCUT2D eigenvalue weighted by Crippen LogP contribution is 2.23. The first kappa shape index (κ1) is 14.5. The third-order valence-electron chi connectivity index (χ3n) is 4.43. The van der Waals surface area contributed by atoms with Gasteiger partial charge in [-0.3, -0.25) is 4.90 Å². The van der Waals surface area contributed by atoms with Gasteiger partial charge in [-0.1, -0.05) is 49.1 Å². The summed E-state index contributed by atoms with van der Waals surface area (Å²) in [4.78, 5) is 2.54. The largest absolute Gasteiger partial charge is 0.315 e. The smallest absolute Gasteiger partial charge is 0.0249 e. The molecule has 1 aliphatic carbocycles. The van der Waals surface area contributed by atoms with Gasteiger partial charge in [0.25, 0.3) is 0 Å². The minimum absolute atomic E-state index is 0.650. The van der Waals surface area contributed by atoms with Gasteiger partial charge in [0.15, 0.2) is 0 Å². The van der Waals surface area contributed by atoms with E-state index in [1.165, 1.54) is 43.2 Å². The summed E-state index contributed by atoms with van der Waals surface area (Å²) in [7, 11) is 4.39. The van der Waals surface area contributed by atoms with Crippen molar-refractivity contribution in [2.24, 2.45) is 0 Å². The van der Waals surface area contributed by atoms with E-state index >= 15 is 0 Å². The van der Waals surface area contributed by atoms with Crippen LogP contribution < -0.4 is 5.32 Å². The molecule has 2 atom stereocenters. The minimum Gasteiger partial charge on any atom is -0.315 e. The Labute approximate surface area is 118 Å². The number of hydrogen-bond donors (Lipinski definition) is 1. The van der Waals surface area contributed by atoms with Gasteiger partial charge in [0.1, 0.15) is 0 Å². The Kier molecular flexibility index (Phi) is 5.41. The van der Waals surface area contributed by atoms with E-state index in [9.17, 15) is 0 Å². The van der Waals surface area contributed by atoms with Gasteiger partial charge in [0.2, 0.25) is 0 Å². The predicted octanol–water partition coefficient (Wildman–Crippen LogP) is 3.35. The van der Waals surface area contributed by atoms with Crippen LogP contribution in [0.3, 0.4) is 0 Å². The van der Waals surface area contributed by atoms with Crippen molar-refractivity contribution in [1.29, 1.82) is 0 Å². The van der Waals surface area contributed by atoms with Gasteiger partial charge in [0.05, 0.1) is 0 Å². The SMILES string of the molecule is CNC1CCCCCC1N(C)Cc1cccc(C)c1. The fourth-order valence-corrected chi connectivity index (χ4v) is 3.37.